The van der Waals surface area contributed by atoms with Gasteiger partial charge in [0.1, 0.15) is 5.56 Å². The highest BCUT2D eigenvalue weighted by Gasteiger charge is 2.16. The minimum atomic E-state index is -0.204. The van der Waals surface area contributed by atoms with Crippen LogP contribution in [0.25, 0.3) is 16.9 Å². The second-order valence-corrected chi connectivity index (χ2v) is 7.62. The van der Waals surface area contributed by atoms with Gasteiger partial charge in [-0.25, -0.2) is 9.50 Å². The fourth-order valence-corrected chi connectivity index (χ4v) is 3.62. The Kier molecular flexibility index (Phi) is 6.07. The van der Waals surface area contributed by atoms with Gasteiger partial charge < -0.3 is 14.8 Å². The van der Waals surface area contributed by atoms with E-state index in [9.17, 15) is 4.79 Å². The molecule has 0 unspecified atom stereocenters. The van der Waals surface area contributed by atoms with Crippen LogP contribution in [0.3, 0.4) is 0 Å². The Morgan fingerprint density at radius 3 is 2.56 bits per heavy atom. The molecule has 4 rings (SSSR count). The van der Waals surface area contributed by atoms with Crippen molar-refractivity contribution in [1.29, 1.82) is 0 Å². The molecule has 2 heterocycles. The number of aromatic nitrogens is 3. The second kappa shape index (κ2) is 9.09. The summed E-state index contributed by atoms with van der Waals surface area (Å²) in [6, 6.07) is 13.9. The molecule has 0 fully saturated rings. The molecular weight excluding hydrogens is 404 g/mol. The number of ether oxygens (including phenoxy) is 2. The van der Waals surface area contributed by atoms with Crippen molar-refractivity contribution in [2.75, 3.05) is 20.8 Å². The Labute approximate surface area is 187 Å². The summed E-state index contributed by atoms with van der Waals surface area (Å²) in [6.07, 6.45) is 3.94. The number of aryl methyl sites for hydroxylation is 2. The summed E-state index contributed by atoms with van der Waals surface area (Å²) >= 11 is 0. The van der Waals surface area contributed by atoms with Crippen molar-refractivity contribution in [3.8, 4) is 22.8 Å². The van der Waals surface area contributed by atoms with E-state index in [0.717, 1.165) is 16.8 Å². The lowest BCUT2D eigenvalue weighted by atomic mass is 10.0. The first-order chi connectivity index (χ1) is 15.5. The Morgan fingerprint density at radius 2 is 1.81 bits per heavy atom. The number of hydrogen-bond donors (Lipinski definition) is 1. The van der Waals surface area contributed by atoms with Crippen molar-refractivity contribution in [3.05, 3.63) is 77.1 Å². The lowest BCUT2D eigenvalue weighted by Crippen LogP contribution is -2.25. The minimum Gasteiger partial charge on any atom is -0.493 e. The number of amides is 1. The average molecular weight is 431 g/mol. The van der Waals surface area contributed by atoms with Crippen molar-refractivity contribution in [2.24, 2.45) is 0 Å². The van der Waals surface area contributed by atoms with Gasteiger partial charge in [-0.15, -0.1) is 0 Å². The zero-order chi connectivity index (χ0) is 22.7. The highest BCUT2D eigenvalue weighted by Crippen LogP contribution is 2.27. The van der Waals surface area contributed by atoms with Crippen LogP contribution >= 0.6 is 0 Å². The quantitative estimate of drug-likeness (QED) is 0.479. The molecule has 7 heteroatoms. The Morgan fingerprint density at radius 1 is 1.00 bits per heavy atom. The molecule has 0 aliphatic heterocycles. The topological polar surface area (TPSA) is 77.8 Å². The van der Waals surface area contributed by atoms with Crippen LogP contribution in [0.2, 0.25) is 0 Å². The van der Waals surface area contributed by atoms with E-state index in [4.69, 9.17) is 9.47 Å². The maximum atomic E-state index is 12.8. The van der Waals surface area contributed by atoms with E-state index in [2.05, 4.69) is 47.4 Å². The monoisotopic (exact) mass is 430 g/mol. The normalized spacial score (nSPS) is 10.9. The van der Waals surface area contributed by atoms with E-state index in [0.29, 0.717) is 35.7 Å². The van der Waals surface area contributed by atoms with Crippen LogP contribution in [0.5, 0.6) is 11.5 Å². The van der Waals surface area contributed by atoms with Gasteiger partial charge in [0, 0.05) is 18.3 Å². The number of fused-ring (bicyclic) bond motifs is 1. The third kappa shape index (κ3) is 4.14. The summed E-state index contributed by atoms with van der Waals surface area (Å²) in [5, 5.41) is 7.40. The first-order valence-electron chi connectivity index (χ1n) is 10.4. The SMILES string of the molecule is COc1ccc(CCNC(=O)c2cnn3c(-c4ccc(C)c(C)c4)ccnc23)cc1OC. The van der Waals surface area contributed by atoms with E-state index < -0.39 is 0 Å². The summed E-state index contributed by atoms with van der Waals surface area (Å²) in [4.78, 5) is 17.2. The van der Waals surface area contributed by atoms with Crippen LogP contribution in [-0.2, 0) is 6.42 Å². The third-order valence-corrected chi connectivity index (χ3v) is 5.60. The lowest BCUT2D eigenvalue weighted by molar-refractivity contribution is 0.0955. The summed E-state index contributed by atoms with van der Waals surface area (Å²) in [6.45, 7) is 4.64. The van der Waals surface area contributed by atoms with Crippen LogP contribution < -0.4 is 14.8 Å². The molecule has 0 spiro atoms. The highest BCUT2D eigenvalue weighted by atomic mass is 16.5. The molecule has 1 N–H and O–H groups in total. The first kappa shape index (κ1) is 21.4. The fourth-order valence-electron chi connectivity index (χ4n) is 3.62. The van der Waals surface area contributed by atoms with Gasteiger partial charge in [-0.1, -0.05) is 18.2 Å². The van der Waals surface area contributed by atoms with Gasteiger partial charge in [-0.2, -0.15) is 5.10 Å². The molecule has 2 aromatic carbocycles. The van der Waals surface area contributed by atoms with E-state index in [1.807, 2.05) is 24.3 Å². The van der Waals surface area contributed by atoms with Crippen LogP contribution in [0.15, 0.2) is 54.9 Å². The number of rotatable bonds is 7. The van der Waals surface area contributed by atoms with Gasteiger partial charge >= 0.3 is 0 Å². The number of nitrogens with one attached hydrogen (secondary N) is 1. The third-order valence-electron chi connectivity index (χ3n) is 5.60. The van der Waals surface area contributed by atoms with Crippen LogP contribution in [0.4, 0.5) is 0 Å². The summed E-state index contributed by atoms with van der Waals surface area (Å²) in [7, 11) is 3.21. The number of carbonyl (C=O) groups is 1. The molecule has 0 aliphatic carbocycles. The molecule has 0 radical (unpaired) electrons. The Balaban J connectivity index is 1.50. The van der Waals surface area contributed by atoms with Crippen molar-refractivity contribution in [3.63, 3.8) is 0 Å². The standard InChI is InChI=1S/C25H26N4O3/c1-16-5-7-19(13-17(16)2)21-10-12-26-24-20(15-28-29(21)24)25(30)27-11-9-18-6-8-22(31-3)23(14-18)32-4/h5-8,10,12-15H,9,11H2,1-4H3,(H,27,30). The highest BCUT2D eigenvalue weighted by molar-refractivity contribution is 5.99. The minimum absolute atomic E-state index is 0.204. The Hall–Kier alpha value is -3.87. The molecule has 4 aromatic rings. The van der Waals surface area contributed by atoms with Crippen LogP contribution in [0, 0.1) is 13.8 Å². The number of benzene rings is 2. The summed E-state index contributed by atoms with van der Waals surface area (Å²) in [5.41, 5.74) is 6.37. The first-order valence-corrected chi connectivity index (χ1v) is 10.4. The van der Waals surface area contributed by atoms with Gasteiger partial charge in [-0.05, 0) is 61.2 Å². The molecule has 0 bridgehead atoms. The number of carbonyl (C=O) groups excluding carboxylic acids is 1. The van der Waals surface area contributed by atoms with Crippen LogP contribution in [0.1, 0.15) is 27.0 Å². The zero-order valence-electron chi connectivity index (χ0n) is 18.7. The summed E-state index contributed by atoms with van der Waals surface area (Å²) < 4.78 is 12.3. The van der Waals surface area contributed by atoms with E-state index >= 15 is 0 Å². The van der Waals surface area contributed by atoms with E-state index in [1.165, 1.54) is 11.1 Å². The van der Waals surface area contributed by atoms with Gasteiger partial charge in [0.25, 0.3) is 5.91 Å². The lowest BCUT2D eigenvalue weighted by Gasteiger charge is -2.10. The predicted molar refractivity (Wildman–Crippen MR) is 123 cm³/mol. The maximum Gasteiger partial charge on any atom is 0.256 e. The summed E-state index contributed by atoms with van der Waals surface area (Å²) in [5.74, 6) is 1.14. The number of nitrogens with zero attached hydrogens (tertiary/aromatic N) is 3. The average Bonchev–Trinajstić information content (AvgIpc) is 3.25. The second-order valence-electron chi connectivity index (χ2n) is 7.62. The van der Waals surface area contributed by atoms with Gasteiger partial charge in [-0.3, -0.25) is 4.79 Å². The van der Waals surface area contributed by atoms with E-state index in [-0.39, 0.29) is 5.91 Å². The van der Waals surface area contributed by atoms with Gasteiger partial charge in [0.15, 0.2) is 17.1 Å². The number of methoxy groups -OCH3 is 2. The maximum absolute atomic E-state index is 12.8. The Bertz CT molecular complexity index is 1280. The van der Waals surface area contributed by atoms with Gasteiger partial charge in [0.05, 0.1) is 26.1 Å². The zero-order valence-corrected chi connectivity index (χ0v) is 18.7. The molecule has 7 nitrogen and oxygen atoms in total. The fraction of sp³-hybridized carbons (Fsp3) is 0.240. The van der Waals surface area contributed by atoms with Crippen molar-refractivity contribution < 1.29 is 14.3 Å². The molecule has 1 amide bonds. The van der Waals surface area contributed by atoms with Crippen molar-refractivity contribution >= 4 is 11.6 Å². The van der Waals surface area contributed by atoms with Gasteiger partial charge in [0.2, 0.25) is 0 Å². The molecule has 2 aromatic heterocycles. The predicted octanol–water partition coefficient (Wildman–Crippen LogP) is 4.00. The van der Waals surface area contributed by atoms with E-state index in [1.54, 1.807) is 31.1 Å². The largest absolute Gasteiger partial charge is 0.493 e. The molecule has 0 atom stereocenters. The smallest absolute Gasteiger partial charge is 0.256 e. The molecule has 32 heavy (non-hydrogen) atoms. The number of hydrogen-bond acceptors (Lipinski definition) is 5. The molecule has 0 aliphatic rings. The van der Waals surface area contributed by atoms with Crippen molar-refractivity contribution in [1.82, 2.24) is 19.9 Å². The molecule has 0 saturated carbocycles. The molecule has 0 saturated heterocycles. The van der Waals surface area contributed by atoms with Crippen molar-refractivity contribution in [2.45, 2.75) is 20.3 Å². The molecule has 164 valence electrons. The van der Waals surface area contributed by atoms with Crippen LogP contribution in [-0.4, -0.2) is 41.3 Å². The molecular formula is C25H26N4O3.